The third-order valence-corrected chi connectivity index (χ3v) is 3.24. The zero-order valence-electron chi connectivity index (χ0n) is 11.3. The Morgan fingerprint density at radius 1 is 1.43 bits per heavy atom. The molecule has 1 atom stereocenters. The average Bonchev–Trinajstić information content (AvgIpc) is 2.49. The molecule has 21 heavy (non-hydrogen) atoms. The Morgan fingerprint density at radius 2 is 2.19 bits per heavy atom. The predicted molar refractivity (Wildman–Crippen MR) is 79.6 cm³/mol. The van der Waals surface area contributed by atoms with Crippen LogP contribution in [0.3, 0.4) is 0 Å². The minimum atomic E-state index is -0.509. The number of nitro groups is 1. The number of aromatic nitrogens is 1. The molecule has 0 radical (unpaired) electrons. The van der Waals surface area contributed by atoms with Gasteiger partial charge in [-0.3, -0.25) is 15.1 Å². The van der Waals surface area contributed by atoms with Crippen LogP contribution in [0.25, 0.3) is 0 Å². The first kappa shape index (κ1) is 15.2. The Morgan fingerprint density at radius 3 is 2.76 bits per heavy atom. The molecule has 1 aromatic heterocycles. The molecule has 1 aromatic carbocycles. The van der Waals surface area contributed by atoms with Crippen LogP contribution in [0.1, 0.15) is 25.1 Å². The van der Waals surface area contributed by atoms with E-state index < -0.39 is 4.92 Å². The fourth-order valence-electron chi connectivity index (χ4n) is 1.69. The SMILES string of the molecule is CC[C@@H](N)c1ccc(Oc2cc([N+](=O)[O-])ccc2Cl)cn1. The molecule has 0 bridgehead atoms. The van der Waals surface area contributed by atoms with Crippen LogP contribution in [-0.4, -0.2) is 9.91 Å². The zero-order chi connectivity index (χ0) is 15.4. The first-order chi connectivity index (χ1) is 10.0. The molecule has 2 rings (SSSR count). The van der Waals surface area contributed by atoms with Gasteiger partial charge in [-0.25, -0.2) is 0 Å². The van der Waals surface area contributed by atoms with Crippen LogP contribution < -0.4 is 10.5 Å². The number of nitro benzene ring substituents is 1. The van der Waals surface area contributed by atoms with Gasteiger partial charge in [-0.05, 0) is 24.6 Å². The summed E-state index contributed by atoms with van der Waals surface area (Å²) in [5.41, 5.74) is 6.54. The number of benzene rings is 1. The first-order valence-electron chi connectivity index (χ1n) is 6.34. The number of rotatable bonds is 5. The van der Waals surface area contributed by atoms with Crippen LogP contribution in [0.2, 0.25) is 5.02 Å². The quantitative estimate of drug-likeness (QED) is 0.669. The van der Waals surface area contributed by atoms with Gasteiger partial charge >= 0.3 is 0 Å². The Labute approximate surface area is 126 Å². The van der Waals surface area contributed by atoms with Crippen molar-refractivity contribution >= 4 is 17.3 Å². The second-order valence-corrected chi connectivity index (χ2v) is 4.81. The van der Waals surface area contributed by atoms with Crippen molar-refractivity contribution in [3.8, 4) is 11.5 Å². The van der Waals surface area contributed by atoms with E-state index in [4.69, 9.17) is 22.1 Å². The number of hydrogen-bond donors (Lipinski definition) is 1. The van der Waals surface area contributed by atoms with Gasteiger partial charge in [-0.2, -0.15) is 0 Å². The molecule has 7 heteroatoms. The molecule has 0 aliphatic carbocycles. The molecule has 0 saturated heterocycles. The number of halogens is 1. The molecule has 2 aromatic rings. The van der Waals surface area contributed by atoms with Gasteiger partial charge in [0.15, 0.2) is 5.75 Å². The topological polar surface area (TPSA) is 91.3 Å². The third kappa shape index (κ3) is 3.68. The van der Waals surface area contributed by atoms with E-state index in [0.29, 0.717) is 5.75 Å². The van der Waals surface area contributed by atoms with E-state index in [9.17, 15) is 10.1 Å². The van der Waals surface area contributed by atoms with Crippen molar-refractivity contribution in [1.82, 2.24) is 4.98 Å². The molecule has 1 heterocycles. The van der Waals surface area contributed by atoms with Crippen LogP contribution in [0.5, 0.6) is 11.5 Å². The van der Waals surface area contributed by atoms with Crippen LogP contribution >= 0.6 is 11.6 Å². The van der Waals surface area contributed by atoms with E-state index in [1.54, 1.807) is 12.1 Å². The third-order valence-electron chi connectivity index (χ3n) is 2.93. The summed E-state index contributed by atoms with van der Waals surface area (Å²) in [5, 5.41) is 11.0. The second-order valence-electron chi connectivity index (χ2n) is 4.41. The van der Waals surface area contributed by atoms with Gasteiger partial charge in [0, 0.05) is 12.1 Å². The monoisotopic (exact) mass is 307 g/mol. The lowest BCUT2D eigenvalue weighted by Gasteiger charge is -2.10. The lowest BCUT2D eigenvalue weighted by atomic mass is 10.1. The summed E-state index contributed by atoms with van der Waals surface area (Å²) >= 11 is 5.97. The highest BCUT2D eigenvalue weighted by atomic mass is 35.5. The molecule has 0 unspecified atom stereocenters. The maximum absolute atomic E-state index is 10.8. The van der Waals surface area contributed by atoms with E-state index in [-0.39, 0.29) is 22.5 Å². The second kappa shape index (κ2) is 6.51. The van der Waals surface area contributed by atoms with Gasteiger partial charge in [0.1, 0.15) is 5.75 Å². The van der Waals surface area contributed by atoms with Gasteiger partial charge in [0.05, 0.1) is 27.9 Å². The molecule has 0 spiro atoms. The Bertz CT molecular complexity index is 646. The summed E-state index contributed by atoms with van der Waals surface area (Å²) in [6.07, 6.45) is 2.30. The van der Waals surface area contributed by atoms with Crippen molar-refractivity contribution in [2.45, 2.75) is 19.4 Å². The van der Waals surface area contributed by atoms with Crippen LogP contribution in [0.4, 0.5) is 5.69 Å². The number of ether oxygens (including phenoxy) is 1. The molecule has 110 valence electrons. The number of pyridine rings is 1. The van der Waals surface area contributed by atoms with Crippen molar-refractivity contribution < 1.29 is 9.66 Å². The molecule has 0 aliphatic heterocycles. The highest BCUT2D eigenvalue weighted by Gasteiger charge is 2.12. The van der Waals surface area contributed by atoms with Crippen molar-refractivity contribution in [2.75, 3.05) is 0 Å². The van der Waals surface area contributed by atoms with Gasteiger partial charge in [0.2, 0.25) is 0 Å². The molecule has 2 N–H and O–H groups in total. The summed E-state index contributed by atoms with van der Waals surface area (Å²) < 4.78 is 5.53. The molecule has 0 amide bonds. The fourth-order valence-corrected chi connectivity index (χ4v) is 1.85. The van der Waals surface area contributed by atoms with Crippen molar-refractivity contribution in [3.63, 3.8) is 0 Å². The van der Waals surface area contributed by atoms with E-state index in [1.165, 1.54) is 24.4 Å². The number of nitrogens with two attached hydrogens (primary N) is 1. The smallest absolute Gasteiger partial charge is 0.273 e. The van der Waals surface area contributed by atoms with Gasteiger partial charge < -0.3 is 10.5 Å². The Kier molecular flexibility index (Phi) is 4.72. The standard InChI is InChI=1S/C14H14ClN3O3/c1-2-12(16)13-6-4-10(8-17-13)21-14-7-9(18(19)20)3-5-11(14)15/h3-8,12H,2,16H2,1H3/t12-/m1/s1. The van der Waals surface area contributed by atoms with Crippen LogP contribution in [-0.2, 0) is 0 Å². The van der Waals surface area contributed by atoms with Gasteiger partial charge in [-0.1, -0.05) is 18.5 Å². The highest BCUT2D eigenvalue weighted by Crippen LogP contribution is 2.32. The maximum atomic E-state index is 10.8. The summed E-state index contributed by atoms with van der Waals surface area (Å²) in [6.45, 7) is 1.97. The minimum Gasteiger partial charge on any atom is -0.454 e. The van der Waals surface area contributed by atoms with E-state index in [2.05, 4.69) is 4.98 Å². The van der Waals surface area contributed by atoms with E-state index >= 15 is 0 Å². The highest BCUT2D eigenvalue weighted by molar-refractivity contribution is 6.32. The first-order valence-corrected chi connectivity index (χ1v) is 6.72. The largest absolute Gasteiger partial charge is 0.454 e. The normalized spacial score (nSPS) is 12.0. The minimum absolute atomic E-state index is 0.0908. The van der Waals surface area contributed by atoms with Gasteiger partial charge in [0.25, 0.3) is 5.69 Å². The Hall–Kier alpha value is -2.18. The molecular weight excluding hydrogens is 294 g/mol. The molecular formula is C14H14ClN3O3. The number of hydrogen-bond acceptors (Lipinski definition) is 5. The summed E-state index contributed by atoms with van der Waals surface area (Å²) in [7, 11) is 0. The van der Waals surface area contributed by atoms with Gasteiger partial charge in [-0.15, -0.1) is 0 Å². The Balaban J connectivity index is 2.22. The average molecular weight is 308 g/mol. The van der Waals surface area contributed by atoms with Crippen LogP contribution in [0, 0.1) is 10.1 Å². The molecule has 0 aliphatic rings. The summed E-state index contributed by atoms with van der Waals surface area (Å²) in [6, 6.07) is 7.34. The summed E-state index contributed by atoms with van der Waals surface area (Å²) in [4.78, 5) is 14.4. The predicted octanol–water partition coefficient (Wildman–Crippen LogP) is 3.85. The van der Waals surface area contributed by atoms with Crippen LogP contribution in [0.15, 0.2) is 36.5 Å². The summed E-state index contributed by atoms with van der Waals surface area (Å²) in [5.74, 6) is 0.643. The van der Waals surface area contributed by atoms with E-state index in [0.717, 1.165) is 12.1 Å². The van der Waals surface area contributed by atoms with Crippen molar-refractivity contribution in [1.29, 1.82) is 0 Å². The lowest BCUT2D eigenvalue weighted by Crippen LogP contribution is -2.10. The molecule has 0 fully saturated rings. The number of nitrogens with zero attached hydrogens (tertiary/aromatic N) is 2. The molecule has 6 nitrogen and oxygen atoms in total. The number of non-ortho nitro benzene ring substituents is 1. The molecule has 0 saturated carbocycles. The lowest BCUT2D eigenvalue weighted by molar-refractivity contribution is -0.384. The maximum Gasteiger partial charge on any atom is 0.273 e. The van der Waals surface area contributed by atoms with Crippen molar-refractivity contribution in [3.05, 3.63) is 57.4 Å². The fraction of sp³-hybridized carbons (Fsp3) is 0.214. The van der Waals surface area contributed by atoms with Crippen molar-refractivity contribution in [2.24, 2.45) is 5.73 Å². The zero-order valence-corrected chi connectivity index (χ0v) is 12.1. The van der Waals surface area contributed by atoms with E-state index in [1.807, 2.05) is 6.92 Å².